The molecule has 3 rings (SSSR count). The van der Waals surface area contributed by atoms with Crippen molar-refractivity contribution >= 4 is 5.91 Å². The van der Waals surface area contributed by atoms with Crippen LogP contribution in [0.1, 0.15) is 22.3 Å². The average molecular weight is 295 g/mol. The maximum Gasteiger partial charge on any atom is 0.255 e. The van der Waals surface area contributed by atoms with Gasteiger partial charge in [0.1, 0.15) is 0 Å². The van der Waals surface area contributed by atoms with Gasteiger partial charge in [-0.15, -0.1) is 0 Å². The van der Waals surface area contributed by atoms with Crippen molar-refractivity contribution in [3.63, 3.8) is 0 Å². The van der Waals surface area contributed by atoms with Crippen LogP contribution in [0.15, 0.2) is 54.9 Å². The van der Waals surface area contributed by atoms with Gasteiger partial charge in [0, 0.05) is 31.5 Å². The number of hydrogen-bond acceptors (Lipinski definition) is 3. The zero-order chi connectivity index (χ0) is 15.2. The molecule has 1 saturated heterocycles. The highest BCUT2D eigenvalue weighted by atomic mass is 16.2. The van der Waals surface area contributed by atoms with Gasteiger partial charge in [0.05, 0.1) is 5.56 Å². The smallest absolute Gasteiger partial charge is 0.255 e. The van der Waals surface area contributed by atoms with E-state index in [-0.39, 0.29) is 5.91 Å². The number of amides is 1. The first-order valence-corrected chi connectivity index (χ1v) is 7.79. The molecule has 1 amide bonds. The van der Waals surface area contributed by atoms with Gasteiger partial charge in [0.2, 0.25) is 0 Å². The molecule has 114 valence electrons. The molecule has 1 unspecified atom stereocenters. The van der Waals surface area contributed by atoms with Crippen LogP contribution in [0.4, 0.5) is 0 Å². The van der Waals surface area contributed by atoms with Gasteiger partial charge in [0.15, 0.2) is 0 Å². The van der Waals surface area contributed by atoms with Crippen LogP contribution in [0, 0.1) is 0 Å². The molecule has 0 spiro atoms. The normalized spacial score (nSPS) is 18.7. The summed E-state index contributed by atoms with van der Waals surface area (Å²) >= 11 is 0. The van der Waals surface area contributed by atoms with E-state index in [2.05, 4.69) is 34.6 Å². The van der Waals surface area contributed by atoms with Crippen LogP contribution in [0.25, 0.3) is 0 Å². The highest BCUT2D eigenvalue weighted by molar-refractivity contribution is 5.93. The zero-order valence-electron chi connectivity index (χ0n) is 12.6. The predicted octanol–water partition coefficient (Wildman–Crippen LogP) is 2.13. The summed E-state index contributed by atoms with van der Waals surface area (Å²) in [7, 11) is 0. The fraction of sp³-hybridized carbons (Fsp3) is 0.333. The maximum absolute atomic E-state index is 12.6. The van der Waals surface area contributed by atoms with Crippen molar-refractivity contribution < 1.29 is 4.79 Å². The highest BCUT2D eigenvalue weighted by Gasteiger charge is 2.22. The SMILES string of the molecule is O=C(c1cccnc1)N1CCCNC(Cc2ccccc2)C1. The molecule has 1 N–H and O–H groups in total. The highest BCUT2D eigenvalue weighted by Crippen LogP contribution is 2.11. The number of carbonyl (C=O) groups excluding carboxylic acids is 1. The topological polar surface area (TPSA) is 45.2 Å². The van der Waals surface area contributed by atoms with Gasteiger partial charge in [0.25, 0.3) is 5.91 Å². The molecule has 4 nitrogen and oxygen atoms in total. The molecule has 22 heavy (non-hydrogen) atoms. The summed E-state index contributed by atoms with van der Waals surface area (Å²) in [4.78, 5) is 18.6. The van der Waals surface area contributed by atoms with E-state index in [0.29, 0.717) is 11.6 Å². The van der Waals surface area contributed by atoms with E-state index < -0.39 is 0 Å². The second-order valence-electron chi connectivity index (χ2n) is 5.69. The molecule has 1 aromatic carbocycles. The van der Waals surface area contributed by atoms with Crippen LogP contribution >= 0.6 is 0 Å². The molecule has 1 aliphatic rings. The van der Waals surface area contributed by atoms with Crippen molar-refractivity contribution in [2.24, 2.45) is 0 Å². The van der Waals surface area contributed by atoms with Gasteiger partial charge < -0.3 is 10.2 Å². The number of hydrogen-bond donors (Lipinski definition) is 1. The molecule has 1 fully saturated rings. The van der Waals surface area contributed by atoms with E-state index >= 15 is 0 Å². The molecule has 0 bridgehead atoms. The van der Waals surface area contributed by atoms with E-state index in [1.807, 2.05) is 23.1 Å². The first-order chi connectivity index (χ1) is 10.8. The predicted molar refractivity (Wildman–Crippen MR) is 86.7 cm³/mol. The second-order valence-corrected chi connectivity index (χ2v) is 5.69. The Hall–Kier alpha value is -2.20. The third kappa shape index (κ3) is 3.71. The number of nitrogens with zero attached hydrogens (tertiary/aromatic N) is 2. The van der Waals surface area contributed by atoms with E-state index in [1.165, 1.54) is 5.56 Å². The van der Waals surface area contributed by atoms with Crippen molar-refractivity contribution in [1.82, 2.24) is 15.2 Å². The van der Waals surface area contributed by atoms with Gasteiger partial charge in [-0.1, -0.05) is 30.3 Å². The second kappa shape index (κ2) is 7.18. The van der Waals surface area contributed by atoms with Crippen molar-refractivity contribution in [2.75, 3.05) is 19.6 Å². The summed E-state index contributed by atoms with van der Waals surface area (Å²) < 4.78 is 0. The lowest BCUT2D eigenvalue weighted by molar-refractivity contribution is 0.0752. The lowest BCUT2D eigenvalue weighted by Crippen LogP contribution is -2.41. The Balaban J connectivity index is 1.69. The van der Waals surface area contributed by atoms with Gasteiger partial charge in [-0.25, -0.2) is 0 Å². The van der Waals surface area contributed by atoms with Crippen molar-refractivity contribution in [2.45, 2.75) is 18.9 Å². The minimum absolute atomic E-state index is 0.0786. The molecule has 4 heteroatoms. The molecule has 0 aliphatic carbocycles. The molecule has 1 atom stereocenters. The number of pyridine rings is 1. The largest absolute Gasteiger partial charge is 0.337 e. The Morgan fingerprint density at radius 3 is 2.86 bits per heavy atom. The standard InChI is InChI=1S/C18H21N3O/c22-18(16-8-4-9-19-13-16)21-11-5-10-20-17(14-21)12-15-6-2-1-3-7-15/h1-4,6-9,13,17,20H,5,10-12,14H2. The summed E-state index contributed by atoms with van der Waals surface area (Å²) in [6.07, 6.45) is 5.26. The van der Waals surface area contributed by atoms with E-state index in [1.54, 1.807) is 12.4 Å². The Morgan fingerprint density at radius 2 is 2.09 bits per heavy atom. The first-order valence-electron chi connectivity index (χ1n) is 7.79. The fourth-order valence-corrected chi connectivity index (χ4v) is 2.89. The molecule has 2 heterocycles. The Bertz CT molecular complexity index is 600. The van der Waals surface area contributed by atoms with Gasteiger partial charge in [-0.3, -0.25) is 9.78 Å². The summed E-state index contributed by atoms with van der Waals surface area (Å²) in [5.74, 6) is 0.0786. The number of nitrogens with one attached hydrogen (secondary N) is 1. The summed E-state index contributed by atoms with van der Waals surface area (Å²) in [5, 5.41) is 3.56. The first kappa shape index (κ1) is 14.7. The molecular formula is C18H21N3O. The van der Waals surface area contributed by atoms with Crippen LogP contribution < -0.4 is 5.32 Å². The van der Waals surface area contributed by atoms with Crippen LogP contribution in [-0.4, -0.2) is 41.5 Å². The Labute approximate surface area is 131 Å². The fourth-order valence-electron chi connectivity index (χ4n) is 2.89. The van der Waals surface area contributed by atoms with E-state index in [0.717, 1.165) is 32.5 Å². The lowest BCUT2D eigenvalue weighted by Gasteiger charge is -2.24. The Kier molecular flexibility index (Phi) is 4.81. The molecule has 1 aliphatic heterocycles. The minimum Gasteiger partial charge on any atom is -0.337 e. The minimum atomic E-state index is 0.0786. The summed E-state index contributed by atoms with van der Waals surface area (Å²) in [6.45, 7) is 2.49. The molecular weight excluding hydrogens is 274 g/mol. The Morgan fingerprint density at radius 1 is 1.23 bits per heavy atom. The number of aromatic nitrogens is 1. The van der Waals surface area contributed by atoms with Crippen LogP contribution in [0.3, 0.4) is 0 Å². The number of carbonyl (C=O) groups is 1. The van der Waals surface area contributed by atoms with Crippen LogP contribution in [0.2, 0.25) is 0 Å². The van der Waals surface area contributed by atoms with Crippen molar-refractivity contribution in [1.29, 1.82) is 0 Å². The van der Waals surface area contributed by atoms with Gasteiger partial charge in [-0.2, -0.15) is 0 Å². The molecule has 1 aromatic heterocycles. The van der Waals surface area contributed by atoms with Crippen LogP contribution in [0.5, 0.6) is 0 Å². The van der Waals surface area contributed by atoms with Crippen molar-refractivity contribution in [3.05, 3.63) is 66.0 Å². The zero-order valence-corrected chi connectivity index (χ0v) is 12.6. The third-order valence-corrected chi connectivity index (χ3v) is 4.00. The summed E-state index contributed by atoms with van der Waals surface area (Å²) in [6, 6.07) is 14.4. The summed E-state index contributed by atoms with van der Waals surface area (Å²) in [5.41, 5.74) is 1.97. The van der Waals surface area contributed by atoms with Crippen LogP contribution in [-0.2, 0) is 6.42 Å². The van der Waals surface area contributed by atoms with E-state index in [4.69, 9.17) is 0 Å². The molecule has 0 saturated carbocycles. The maximum atomic E-state index is 12.6. The number of rotatable bonds is 3. The van der Waals surface area contributed by atoms with Gasteiger partial charge >= 0.3 is 0 Å². The number of benzene rings is 1. The van der Waals surface area contributed by atoms with Gasteiger partial charge in [-0.05, 0) is 37.1 Å². The van der Waals surface area contributed by atoms with Crippen molar-refractivity contribution in [3.8, 4) is 0 Å². The monoisotopic (exact) mass is 295 g/mol. The quantitative estimate of drug-likeness (QED) is 0.943. The molecule has 2 aromatic rings. The van der Waals surface area contributed by atoms with E-state index in [9.17, 15) is 4.79 Å². The lowest BCUT2D eigenvalue weighted by atomic mass is 10.1. The molecule has 0 radical (unpaired) electrons. The third-order valence-electron chi connectivity index (χ3n) is 4.00. The average Bonchev–Trinajstić information content (AvgIpc) is 2.81.